The maximum atomic E-state index is 12.4. The minimum atomic E-state index is -1.39. The molecule has 0 saturated heterocycles. The Balaban J connectivity index is 1.75. The first-order chi connectivity index (χ1) is 12.5. The normalized spacial score (nSPS) is 13.0. The quantitative estimate of drug-likeness (QED) is 0.651. The fourth-order valence-electron chi connectivity index (χ4n) is 2.53. The second-order valence-corrected chi connectivity index (χ2v) is 6.55. The number of hydrogen-bond donors (Lipinski definition) is 2. The number of rotatable bonds is 6. The number of amides is 1. The molecule has 26 heavy (non-hydrogen) atoms. The number of carbonyl (C=O) groups is 2. The summed E-state index contributed by atoms with van der Waals surface area (Å²) in [6.07, 6.45) is 2.93. The van der Waals surface area contributed by atoms with Gasteiger partial charge in [0, 0.05) is 16.0 Å². The zero-order valence-corrected chi connectivity index (χ0v) is 14.8. The van der Waals surface area contributed by atoms with Crippen LogP contribution in [0.2, 0.25) is 0 Å². The Morgan fingerprint density at radius 3 is 2.50 bits per heavy atom. The number of nitrogens with one attached hydrogen (secondary N) is 1. The van der Waals surface area contributed by atoms with Crippen molar-refractivity contribution in [3.8, 4) is 0 Å². The summed E-state index contributed by atoms with van der Waals surface area (Å²) in [4.78, 5) is 24.6. The number of hydrogen-bond acceptors (Lipinski definition) is 6. The van der Waals surface area contributed by atoms with Gasteiger partial charge in [-0.25, -0.2) is 4.79 Å². The van der Waals surface area contributed by atoms with E-state index < -0.39 is 11.6 Å². The highest BCUT2D eigenvalue weighted by atomic mass is 32.1. The predicted octanol–water partition coefficient (Wildman–Crippen LogP) is 2.79. The third-order valence-electron chi connectivity index (χ3n) is 4.00. The highest BCUT2D eigenvalue weighted by Crippen LogP contribution is 2.32. The molecule has 1 aromatic carbocycles. The molecular weight excluding hydrogens is 354 g/mol. The third-order valence-corrected chi connectivity index (χ3v) is 5.02. The molecule has 1 amide bonds. The number of aliphatic hydroxyl groups is 1. The van der Waals surface area contributed by atoms with Crippen LogP contribution in [0, 0.1) is 0 Å². The van der Waals surface area contributed by atoms with Crippen molar-refractivity contribution >= 4 is 23.2 Å². The molecule has 2 aromatic heterocycles. The Morgan fingerprint density at radius 2 is 1.92 bits per heavy atom. The van der Waals surface area contributed by atoms with Crippen LogP contribution in [0.4, 0.5) is 0 Å². The van der Waals surface area contributed by atoms with E-state index in [2.05, 4.69) is 10.1 Å². The molecule has 0 fully saturated rings. The maximum Gasteiger partial charge on any atom is 0.337 e. The Morgan fingerprint density at radius 1 is 1.19 bits per heavy atom. The standard InChI is InChI=1S/C19H17NO5S/c1-24-18(22)14-6-4-13(5-7-14)17(21)20-12-19(23,15-8-9-25-11-15)16-3-2-10-26-16/h2-11,23H,12H2,1H3,(H,20,21)/t19-/m0/s1. The van der Waals surface area contributed by atoms with Crippen LogP contribution in [0.1, 0.15) is 31.2 Å². The molecule has 6 nitrogen and oxygen atoms in total. The number of thiophene rings is 1. The van der Waals surface area contributed by atoms with Crippen molar-refractivity contribution < 1.29 is 23.8 Å². The van der Waals surface area contributed by atoms with E-state index in [0.29, 0.717) is 21.6 Å². The number of furan rings is 1. The van der Waals surface area contributed by atoms with Crippen molar-refractivity contribution in [1.29, 1.82) is 0 Å². The number of methoxy groups -OCH3 is 1. The third kappa shape index (κ3) is 3.54. The van der Waals surface area contributed by atoms with E-state index in [1.54, 1.807) is 12.1 Å². The summed E-state index contributed by atoms with van der Waals surface area (Å²) in [5.74, 6) is -0.830. The van der Waals surface area contributed by atoms with E-state index in [1.807, 2.05) is 11.4 Å². The van der Waals surface area contributed by atoms with Crippen LogP contribution >= 0.6 is 11.3 Å². The molecule has 3 rings (SSSR count). The Hall–Kier alpha value is -2.90. The topological polar surface area (TPSA) is 88.8 Å². The number of benzene rings is 1. The molecule has 134 valence electrons. The molecule has 3 aromatic rings. The largest absolute Gasteiger partial charge is 0.472 e. The summed E-state index contributed by atoms with van der Waals surface area (Å²) in [6.45, 7) is -0.0232. The lowest BCUT2D eigenvalue weighted by Gasteiger charge is -2.26. The molecule has 0 unspecified atom stereocenters. The average molecular weight is 371 g/mol. The van der Waals surface area contributed by atoms with Crippen LogP contribution in [-0.4, -0.2) is 30.6 Å². The second kappa shape index (κ2) is 7.55. The molecule has 0 radical (unpaired) electrons. The van der Waals surface area contributed by atoms with Gasteiger partial charge in [-0.05, 0) is 41.8 Å². The predicted molar refractivity (Wildman–Crippen MR) is 96.1 cm³/mol. The summed E-state index contributed by atoms with van der Waals surface area (Å²) in [7, 11) is 1.30. The summed E-state index contributed by atoms with van der Waals surface area (Å²) in [5.41, 5.74) is -0.0971. The minimum absolute atomic E-state index is 0.0232. The number of esters is 1. The zero-order chi connectivity index (χ0) is 18.6. The number of carbonyl (C=O) groups excluding carboxylic acids is 2. The smallest absolute Gasteiger partial charge is 0.337 e. The van der Waals surface area contributed by atoms with Gasteiger partial charge in [-0.15, -0.1) is 11.3 Å². The monoisotopic (exact) mass is 371 g/mol. The van der Waals surface area contributed by atoms with Crippen molar-refractivity contribution in [2.24, 2.45) is 0 Å². The SMILES string of the molecule is COC(=O)c1ccc(C(=O)NC[C@](O)(c2ccoc2)c2cccs2)cc1. The lowest BCUT2D eigenvalue weighted by atomic mass is 9.94. The number of ether oxygens (including phenoxy) is 1. The minimum Gasteiger partial charge on any atom is -0.472 e. The van der Waals surface area contributed by atoms with Gasteiger partial charge in [0.15, 0.2) is 0 Å². The highest BCUT2D eigenvalue weighted by molar-refractivity contribution is 7.10. The van der Waals surface area contributed by atoms with Crippen molar-refractivity contribution in [3.05, 3.63) is 81.9 Å². The van der Waals surface area contributed by atoms with Crippen molar-refractivity contribution in [2.75, 3.05) is 13.7 Å². The molecular formula is C19H17NO5S. The van der Waals surface area contributed by atoms with Gasteiger partial charge in [0.05, 0.1) is 31.7 Å². The first-order valence-corrected chi connectivity index (χ1v) is 8.68. The van der Waals surface area contributed by atoms with Crippen LogP contribution < -0.4 is 5.32 Å². The van der Waals surface area contributed by atoms with Crippen LogP contribution in [0.15, 0.2) is 64.8 Å². The Labute approximate surface area is 154 Å². The van der Waals surface area contributed by atoms with E-state index in [4.69, 9.17) is 4.42 Å². The molecule has 1 atom stereocenters. The molecule has 0 spiro atoms. The van der Waals surface area contributed by atoms with E-state index in [1.165, 1.54) is 55.2 Å². The molecule has 7 heteroatoms. The van der Waals surface area contributed by atoms with Gasteiger partial charge in [-0.3, -0.25) is 4.79 Å². The first kappa shape index (κ1) is 17.9. The zero-order valence-electron chi connectivity index (χ0n) is 14.0. The maximum absolute atomic E-state index is 12.4. The van der Waals surface area contributed by atoms with Crippen molar-refractivity contribution in [1.82, 2.24) is 5.32 Å². The van der Waals surface area contributed by atoms with Gasteiger partial charge in [-0.2, -0.15) is 0 Å². The van der Waals surface area contributed by atoms with Gasteiger partial charge in [0.2, 0.25) is 0 Å². The Kier molecular flexibility index (Phi) is 5.20. The van der Waals surface area contributed by atoms with Crippen LogP contribution in [0.3, 0.4) is 0 Å². The molecule has 2 N–H and O–H groups in total. The van der Waals surface area contributed by atoms with E-state index in [9.17, 15) is 14.7 Å². The summed E-state index contributed by atoms with van der Waals surface area (Å²) < 4.78 is 9.72. The van der Waals surface area contributed by atoms with Crippen molar-refractivity contribution in [3.63, 3.8) is 0 Å². The first-order valence-electron chi connectivity index (χ1n) is 7.80. The lowest BCUT2D eigenvalue weighted by Crippen LogP contribution is -2.41. The van der Waals surface area contributed by atoms with Gasteiger partial charge < -0.3 is 19.6 Å². The van der Waals surface area contributed by atoms with Gasteiger partial charge in [0.25, 0.3) is 5.91 Å². The van der Waals surface area contributed by atoms with E-state index in [0.717, 1.165) is 0 Å². The van der Waals surface area contributed by atoms with E-state index >= 15 is 0 Å². The van der Waals surface area contributed by atoms with Gasteiger partial charge in [0.1, 0.15) is 5.60 Å². The highest BCUT2D eigenvalue weighted by Gasteiger charge is 2.34. The molecule has 0 bridgehead atoms. The molecule has 0 aliphatic rings. The van der Waals surface area contributed by atoms with Crippen molar-refractivity contribution in [2.45, 2.75) is 5.60 Å². The second-order valence-electron chi connectivity index (χ2n) is 5.60. The molecule has 2 heterocycles. The van der Waals surface area contributed by atoms with Gasteiger partial charge in [-0.1, -0.05) is 6.07 Å². The molecule has 0 aliphatic heterocycles. The Bertz CT molecular complexity index is 835. The summed E-state index contributed by atoms with van der Waals surface area (Å²) in [5, 5.41) is 15.7. The molecule has 0 aliphatic carbocycles. The van der Waals surface area contributed by atoms with E-state index in [-0.39, 0.29) is 12.5 Å². The van der Waals surface area contributed by atoms with Crippen LogP contribution in [0.5, 0.6) is 0 Å². The average Bonchev–Trinajstić information content (AvgIpc) is 3.39. The van der Waals surface area contributed by atoms with Crippen LogP contribution in [-0.2, 0) is 10.3 Å². The molecule has 0 saturated carbocycles. The van der Waals surface area contributed by atoms with Crippen LogP contribution in [0.25, 0.3) is 0 Å². The van der Waals surface area contributed by atoms with Gasteiger partial charge >= 0.3 is 5.97 Å². The summed E-state index contributed by atoms with van der Waals surface area (Å²) >= 11 is 1.39. The fraction of sp³-hybridized carbons (Fsp3) is 0.158. The summed E-state index contributed by atoms with van der Waals surface area (Å²) in [6, 6.07) is 11.4. The lowest BCUT2D eigenvalue weighted by molar-refractivity contribution is 0.0600. The fourth-order valence-corrected chi connectivity index (χ4v) is 3.38.